The third kappa shape index (κ3) is 3.94. The molecule has 0 bridgehead atoms. The van der Waals surface area contributed by atoms with Crippen molar-refractivity contribution in [1.29, 1.82) is 0 Å². The summed E-state index contributed by atoms with van der Waals surface area (Å²) in [4.78, 5) is 12.0. The Morgan fingerprint density at radius 1 is 1.25 bits per heavy atom. The highest BCUT2D eigenvalue weighted by atomic mass is 32.1. The van der Waals surface area contributed by atoms with Crippen molar-refractivity contribution < 1.29 is 4.79 Å². The topological polar surface area (TPSA) is 72.7 Å². The second kappa shape index (κ2) is 7.18. The first-order chi connectivity index (χ1) is 11.6. The number of amides is 1. The Morgan fingerprint density at radius 2 is 2.04 bits per heavy atom. The fourth-order valence-corrected chi connectivity index (χ4v) is 2.73. The van der Waals surface area contributed by atoms with E-state index in [1.807, 2.05) is 50.4 Å². The summed E-state index contributed by atoms with van der Waals surface area (Å²) in [5.74, 6) is 0.0569. The van der Waals surface area contributed by atoms with Crippen molar-refractivity contribution in [1.82, 2.24) is 20.0 Å². The summed E-state index contributed by atoms with van der Waals surface area (Å²) in [6.07, 6.45) is 6.74. The van der Waals surface area contributed by atoms with Crippen LogP contribution < -0.4 is 5.32 Å². The Bertz CT molecular complexity index is 851. The summed E-state index contributed by atoms with van der Waals surface area (Å²) < 4.78 is 1.76. The van der Waals surface area contributed by atoms with Gasteiger partial charge in [-0.05, 0) is 18.2 Å². The molecule has 0 unspecified atom stereocenters. The van der Waals surface area contributed by atoms with E-state index in [2.05, 4.69) is 20.6 Å². The number of carbonyl (C=O) groups is 1. The number of para-hydroxylation sites is 1. The number of benzene rings is 1. The second-order valence-electron chi connectivity index (χ2n) is 5.48. The minimum Gasteiger partial charge on any atom is -0.297 e. The molecule has 0 saturated heterocycles. The van der Waals surface area contributed by atoms with E-state index >= 15 is 0 Å². The summed E-state index contributed by atoms with van der Waals surface area (Å²) in [6, 6.07) is 9.79. The average molecular weight is 339 g/mol. The van der Waals surface area contributed by atoms with Crippen molar-refractivity contribution in [2.45, 2.75) is 19.8 Å². The van der Waals surface area contributed by atoms with E-state index in [0.717, 1.165) is 16.3 Å². The van der Waals surface area contributed by atoms with E-state index in [1.54, 1.807) is 17.0 Å². The van der Waals surface area contributed by atoms with Crippen LogP contribution in [-0.4, -0.2) is 25.9 Å². The second-order valence-corrected chi connectivity index (χ2v) is 6.49. The number of nitrogens with one attached hydrogen (secondary N) is 1. The van der Waals surface area contributed by atoms with Gasteiger partial charge >= 0.3 is 0 Å². The predicted octanol–water partition coefficient (Wildman–Crippen LogP) is 3.50. The highest BCUT2D eigenvalue weighted by molar-refractivity contribution is 7.15. The molecule has 2 heterocycles. The molecule has 0 fully saturated rings. The highest BCUT2D eigenvalue weighted by Crippen LogP contribution is 2.22. The van der Waals surface area contributed by atoms with Crippen LogP contribution in [-0.2, 0) is 4.79 Å². The summed E-state index contributed by atoms with van der Waals surface area (Å²) in [6.45, 7) is 4.08. The van der Waals surface area contributed by atoms with Gasteiger partial charge in [-0.2, -0.15) is 5.10 Å². The van der Waals surface area contributed by atoms with Gasteiger partial charge in [0.2, 0.25) is 11.0 Å². The number of anilines is 1. The molecule has 24 heavy (non-hydrogen) atoms. The monoisotopic (exact) mass is 339 g/mol. The van der Waals surface area contributed by atoms with Crippen LogP contribution in [0.3, 0.4) is 0 Å². The van der Waals surface area contributed by atoms with Crippen molar-refractivity contribution in [3.8, 4) is 5.69 Å². The van der Waals surface area contributed by atoms with Gasteiger partial charge < -0.3 is 0 Å². The van der Waals surface area contributed by atoms with E-state index in [-0.39, 0.29) is 5.91 Å². The van der Waals surface area contributed by atoms with Gasteiger partial charge in [-0.3, -0.25) is 10.1 Å². The van der Waals surface area contributed by atoms with Crippen LogP contribution in [0, 0.1) is 0 Å². The Balaban J connectivity index is 1.63. The lowest BCUT2D eigenvalue weighted by atomic mass is 10.2. The van der Waals surface area contributed by atoms with Crippen LogP contribution in [0.5, 0.6) is 0 Å². The number of aromatic nitrogens is 4. The number of hydrogen-bond acceptors (Lipinski definition) is 5. The molecule has 0 radical (unpaired) electrons. The number of carbonyl (C=O) groups excluding carboxylic acids is 1. The third-order valence-electron chi connectivity index (χ3n) is 3.22. The molecule has 1 N–H and O–H groups in total. The predicted molar refractivity (Wildman–Crippen MR) is 95.2 cm³/mol. The van der Waals surface area contributed by atoms with Crippen molar-refractivity contribution in [3.05, 3.63) is 59.4 Å². The Hall–Kier alpha value is -2.80. The fourth-order valence-electron chi connectivity index (χ4n) is 1.98. The standard InChI is InChI=1S/C17H17N5OS/c1-12(2)16-20-21-17(24-16)19-15(23)9-8-13-10-18-22(11-13)14-6-4-3-5-7-14/h3-12H,1-2H3,(H,19,21,23)/b9-8+. The van der Waals surface area contributed by atoms with Crippen LogP contribution in [0.1, 0.15) is 30.3 Å². The van der Waals surface area contributed by atoms with Gasteiger partial charge in [0, 0.05) is 23.8 Å². The molecule has 1 amide bonds. The first-order valence-corrected chi connectivity index (χ1v) is 8.36. The van der Waals surface area contributed by atoms with Crippen LogP contribution in [0.25, 0.3) is 11.8 Å². The number of nitrogens with zero attached hydrogens (tertiary/aromatic N) is 4. The van der Waals surface area contributed by atoms with Crippen LogP contribution in [0.15, 0.2) is 48.8 Å². The molecule has 0 aliphatic heterocycles. The number of rotatable bonds is 5. The van der Waals surface area contributed by atoms with Gasteiger partial charge in [-0.1, -0.05) is 43.4 Å². The van der Waals surface area contributed by atoms with Gasteiger partial charge in [-0.15, -0.1) is 10.2 Å². The summed E-state index contributed by atoms with van der Waals surface area (Å²) in [5.41, 5.74) is 1.81. The van der Waals surface area contributed by atoms with E-state index in [4.69, 9.17) is 0 Å². The van der Waals surface area contributed by atoms with E-state index in [0.29, 0.717) is 11.0 Å². The molecule has 0 aliphatic rings. The van der Waals surface area contributed by atoms with Gasteiger partial charge in [-0.25, -0.2) is 4.68 Å². The third-order valence-corrected chi connectivity index (χ3v) is 4.35. The van der Waals surface area contributed by atoms with Crippen molar-refractivity contribution >= 4 is 28.5 Å². The molecular weight excluding hydrogens is 322 g/mol. The maximum absolute atomic E-state index is 12.0. The maximum Gasteiger partial charge on any atom is 0.250 e. The van der Waals surface area contributed by atoms with E-state index in [1.165, 1.54) is 17.4 Å². The first kappa shape index (κ1) is 16.1. The van der Waals surface area contributed by atoms with Crippen molar-refractivity contribution in [2.24, 2.45) is 0 Å². The Kier molecular flexibility index (Phi) is 4.81. The molecule has 7 heteroatoms. The van der Waals surface area contributed by atoms with Gasteiger partial charge in [0.15, 0.2) is 0 Å². The van der Waals surface area contributed by atoms with Crippen LogP contribution >= 0.6 is 11.3 Å². The molecule has 0 saturated carbocycles. The molecule has 6 nitrogen and oxygen atoms in total. The molecule has 3 rings (SSSR count). The maximum atomic E-state index is 12.0. The smallest absolute Gasteiger partial charge is 0.250 e. The lowest BCUT2D eigenvalue weighted by Gasteiger charge is -1.98. The SMILES string of the molecule is CC(C)c1nnc(NC(=O)/C=C/c2cnn(-c3ccccc3)c2)s1. The molecule has 3 aromatic rings. The zero-order chi connectivity index (χ0) is 16.9. The molecule has 0 spiro atoms. The summed E-state index contributed by atoms with van der Waals surface area (Å²) in [7, 11) is 0. The van der Waals surface area contributed by atoms with Gasteiger partial charge in [0.25, 0.3) is 0 Å². The lowest BCUT2D eigenvalue weighted by molar-refractivity contribution is -0.111. The van der Waals surface area contributed by atoms with E-state index in [9.17, 15) is 4.79 Å². The average Bonchev–Trinajstić information content (AvgIpc) is 3.23. The zero-order valence-electron chi connectivity index (χ0n) is 13.4. The molecule has 1 aromatic carbocycles. The minimum absolute atomic E-state index is 0.242. The fraction of sp³-hybridized carbons (Fsp3) is 0.176. The highest BCUT2D eigenvalue weighted by Gasteiger charge is 2.09. The molecular formula is C17H17N5OS. The zero-order valence-corrected chi connectivity index (χ0v) is 14.2. The van der Waals surface area contributed by atoms with Gasteiger partial charge in [0.1, 0.15) is 5.01 Å². The van der Waals surface area contributed by atoms with Crippen molar-refractivity contribution in [2.75, 3.05) is 5.32 Å². The van der Waals surface area contributed by atoms with E-state index < -0.39 is 0 Å². The Morgan fingerprint density at radius 3 is 2.75 bits per heavy atom. The van der Waals surface area contributed by atoms with Crippen molar-refractivity contribution in [3.63, 3.8) is 0 Å². The summed E-state index contributed by atoms with van der Waals surface area (Å²) >= 11 is 1.39. The largest absolute Gasteiger partial charge is 0.297 e. The van der Waals surface area contributed by atoms with Crippen LogP contribution in [0.4, 0.5) is 5.13 Å². The number of hydrogen-bond donors (Lipinski definition) is 1. The van der Waals surface area contributed by atoms with Gasteiger partial charge in [0.05, 0.1) is 11.9 Å². The van der Waals surface area contributed by atoms with Crippen LogP contribution in [0.2, 0.25) is 0 Å². The molecule has 0 aliphatic carbocycles. The molecule has 2 aromatic heterocycles. The molecule has 0 atom stereocenters. The lowest BCUT2D eigenvalue weighted by Crippen LogP contribution is -2.07. The quantitative estimate of drug-likeness (QED) is 0.722. The Labute approximate surface area is 143 Å². The summed E-state index contributed by atoms with van der Waals surface area (Å²) in [5, 5.41) is 16.4. The first-order valence-electron chi connectivity index (χ1n) is 7.54. The minimum atomic E-state index is -0.242. The normalized spacial score (nSPS) is 11.3. The molecule has 122 valence electrons.